The Morgan fingerprint density at radius 2 is 2.08 bits per heavy atom. The fourth-order valence-electron chi connectivity index (χ4n) is 3.33. The summed E-state index contributed by atoms with van der Waals surface area (Å²) >= 11 is 1.43. The van der Waals surface area contributed by atoms with Gasteiger partial charge in [0.05, 0.1) is 4.88 Å². The lowest BCUT2D eigenvalue weighted by Gasteiger charge is -2.34. The van der Waals surface area contributed by atoms with E-state index >= 15 is 0 Å². The van der Waals surface area contributed by atoms with Gasteiger partial charge < -0.3 is 10.2 Å². The molecule has 0 bridgehead atoms. The lowest BCUT2D eigenvalue weighted by molar-refractivity contribution is -0.126. The van der Waals surface area contributed by atoms with Crippen LogP contribution < -0.4 is 5.32 Å². The Labute approximate surface area is 152 Å². The van der Waals surface area contributed by atoms with Crippen LogP contribution in [0.1, 0.15) is 45.6 Å². The van der Waals surface area contributed by atoms with Crippen molar-refractivity contribution >= 4 is 23.2 Å². The van der Waals surface area contributed by atoms with Crippen LogP contribution >= 0.6 is 11.3 Å². The summed E-state index contributed by atoms with van der Waals surface area (Å²) in [6, 6.07) is 9.56. The number of hydrogen-bond acceptors (Lipinski definition) is 3. The van der Waals surface area contributed by atoms with E-state index in [0.717, 1.165) is 24.8 Å². The van der Waals surface area contributed by atoms with E-state index < -0.39 is 0 Å². The number of hydrogen-bond donors (Lipinski definition) is 1. The first-order chi connectivity index (χ1) is 12.1. The van der Waals surface area contributed by atoms with Gasteiger partial charge in [0, 0.05) is 13.1 Å². The van der Waals surface area contributed by atoms with Gasteiger partial charge in [0.25, 0.3) is 5.91 Å². The predicted molar refractivity (Wildman–Crippen MR) is 101 cm³/mol. The van der Waals surface area contributed by atoms with Crippen LogP contribution in [0.2, 0.25) is 0 Å². The number of rotatable bonds is 4. The molecule has 1 unspecified atom stereocenters. The van der Waals surface area contributed by atoms with Crippen molar-refractivity contribution in [3.05, 3.63) is 57.3 Å². The number of nitrogens with zero attached hydrogens (tertiary/aromatic N) is 1. The number of likely N-dealkylation sites (tertiary alicyclic amines) is 1. The molecule has 1 saturated heterocycles. The molecule has 4 nitrogen and oxygen atoms in total. The second-order valence-corrected chi connectivity index (χ2v) is 7.58. The van der Waals surface area contributed by atoms with Gasteiger partial charge in [0.2, 0.25) is 5.91 Å². The van der Waals surface area contributed by atoms with Crippen LogP contribution in [0.4, 0.5) is 0 Å². The van der Waals surface area contributed by atoms with Gasteiger partial charge in [-0.15, -0.1) is 11.3 Å². The zero-order chi connectivity index (χ0) is 17.8. The van der Waals surface area contributed by atoms with E-state index in [-0.39, 0.29) is 17.9 Å². The van der Waals surface area contributed by atoms with Crippen molar-refractivity contribution in [2.24, 2.45) is 0 Å². The molecule has 0 radical (unpaired) electrons. The topological polar surface area (TPSA) is 49.4 Å². The Balaban J connectivity index is 1.67. The van der Waals surface area contributed by atoms with Crippen molar-refractivity contribution in [3.63, 3.8) is 0 Å². The normalized spacial score (nSPS) is 17.4. The molecule has 2 aromatic rings. The summed E-state index contributed by atoms with van der Waals surface area (Å²) in [7, 11) is 0. The number of piperidine rings is 1. The van der Waals surface area contributed by atoms with Gasteiger partial charge in [-0.3, -0.25) is 9.59 Å². The number of benzene rings is 1. The van der Waals surface area contributed by atoms with Crippen molar-refractivity contribution in [1.82, 2.24) is 10.2 Å². The van der Waals surface area contributed by atoms with Gasteiger partial charge in [0.1, 0.15) is 6.04 Å². The molecule has 0 spiro atoms. The quantitative estimate of drug-likeness (QED) is 0.908. The summed E-state index contributed by atoms with van der Waals surface area (Å²) in [4.78, 5) is 27.9. The first kappa shape index (κ1) is 17.7. The van der Waals surface area contributed by atoms with Gasteiger partial charge in [-0.2, -0.15) is 0 Å². The Bertz CT molecular complexity index is 755. The number of thiophene rings is 1. The molecule has 2 heterocycles. The first-order valence-corrected chi connectivity index (χ1v) is 9.62. The first-order valence-electron chi connectivity index (χ1n) is 8.74. The maximum atomic E-state index is 12.7. The van der Waals surface area contributed by atoms with Gasteiger partial charge >= 0.3 is 0 Å². The molecular formula is C20H24N2O2S. The lowest BCUT2D eigenvalue weighted by Crippen LogP contribution is -2.51. The van der Waals surface area contributed by atoms with Crippen LogP contribution in [0.3, 0.4) is 0 Å². The molecule has 1 N–H and O–H groups in total. The molecule has 1 fully saturated rings. The second-order valence-electron chi connectivity index (χ2n) is 6.64. The molecule has 25 heavy (non-hydrogen) atoms. The van der Waals surface area contributed by atoms with E-state index in [4.69, 9.17) is 0 Å². The summed E-state index contributed by atoms with van der Waals surface area (Å²) in [5, 5.41) is 4.92. The number of carbonyl (C=O) groups is 2. The van der Waals surface area contributed by atoms with Crippen molar-refractivity contribution in [1.29, 1.82) is 0 Å². The van der Waals surface area contributed by atoms with E-state index in [1.54, 1.807) is 4.90 Å². The smallest absolute Gasteiger partial charge is 0.264 e. The van der Waals surface area contributed by atoms with E-state index in [1.807, 2.05) is 17.5 Å². The second kappa shape index (κ2) is 7.83. The number of nitrogens with one attached hydrogen (secondary N) is 1. The summed E-state index contributed by atoms with van der Waals surface area (Å²) in [5.74, 6) is -0.0778. The van der Waals surface area contributed by atoms with Gasteiger partial charge in [0.15, 0.2) is 0 Å². The largest absolute Gasteiger partial charge is 0.350 e. The van der Waals surface area contributed by atoms with Crippen LogP contribution in [0.15, 0.2) is 35.7 Å². The average Bonchev–Trinajstić information content (AvgIpc) is 3.15. The van der Waals surface area contributed by atoms with Crippen LogP contribution in [0.25, 0.3) is 0 Å². The van der Waals surface area contributed by atoms with E-state index in [9.17, 15) is 9.59 Å². The van der Waals surface area contributed by atoms with Crippen LogP contribution in [0, 0.1) is 13.8 Å². The Morgan fingerprint density at radius 3 is 2.80 bits per heavy atom. The zero-order valence-corrected chi connectivity index (χ0v) is 15.6. The minimum Gasteiger partial charge on any atom is -0.350 e. The minimum absolute atomic E-state index is 0.0265. The van der Waals surface area contributed by atoms with Crippen LogP contribution in [-0.4, -0.2) is 29.3 Å². The van der Waals surface area contributed by atoms with Gasteiger partial charge in [-0.05, 0) is 55.7 Å². The molecule has 5 heteroatoms. The number of amides is 2. The standard InChI is InChI=1S/C20H24N2O2S/c1-14-8-9-16(15(2)12-14)13-21-19(23)17-6-3-4-10-22(17)20(24)18-7-5-11-25-18/h5,7-9,11-12,17H,3-4,6,10,13H2,1-2H3,(H,21,23). The Kier molecular flexibility index (Phi) is 5.53. The van der Waals surface area contributed by atoms with E-state index in [2.05, 4.69) is 37.4 Å². The fraction of sp³-hybridized carbons (Fsp3) is 0.400. The predicted octanol–water partition coefficient (Wildman–Crippen LogP) is 3.68. The molecule has 1 aliphatic heterocycles. The molecule has 0 saturated carbocycles. The van der Waals surface area contributed by atoms with Crippen LogP contribution in [0.5, 0.6) is 0 Å². The molecule has 3 rings (SSSR count). The van der Waals surface area contributed by atoms with Gasteiger partial charge in [-0.1, -0.05) is 29.8 Å². The monoisotopic (exact) mass is 356 g/mol. The highest BCUT2D eigenvalue weighted by Gasteiger charge is 2.32. The third-order valence-corrected chi connectivity index (χ3v) is 5.61. The highest BCUT2D eigenvalue weighted by atomic mass is 32.1. The Morgan fingerprint density at radius 1 is 1.24 bits per heavy atom. The third-order valence-electron chi connectivity index (χ3n) is 4.75. The highest BCUT2D eigenvalue weighted by molar-refractivity contribution is 7.12. The lowest BCUT2D eigenvalue weighted by atomic mass is 10.0. The molecule has 1 aliphatic rings. The Hall–Kier alpha value is -2.14. The summed E-state index contributed by atoms with van der Waals surface area (Å²) < 4.78 is 0. The fourth-order valence-corrected chi connectivity index (χ4v) is 4.01. The van der Waals surface area contributed by atoms with E-state index in [1.165, 1.54) is 22.5 Å². The average molecular weight is 356 g/mol. The van der Waals surface area contributed by atoms with Crippen molar-refractivity contribution in [2.75, 3.05) is 6.54 Å². The summed E-state index contributed by atoms with van der Waals surface area (Å²) in [6.45, 7) is 5.27. The summed E-state index contributed by atoms with van der Waals surface area (Å²) in [6.07, 6.45) is 2.67. The van der Waals surface area contributed by atoms with Crippen molar-refractivity contribution in [2.45, 2.75) is 45.7 Å². The van der Waals surface area contributed by atoms with Crippen molar-refractivity contribution in [3.8, 4) is 0 Å². The number of aryl methyl sites for hydroxylation is 2. The summed E-state index contributed by atoms with van der Waals surface area (Å²) in [5.41, 5.74) is 3.51. The molecule has 1 aromatic carbocycles. The zero-order valence-electron chi connectivity index (χ0n) is 14.7. The number of carbonyl (C=O) groups excluding carboxylic acids is 2. The van der Waals surface area contributed by atoms with E-state index in [0.29, 0.717) is 18.0 Å². The maximum absolute atomic E-state index is 12.7. The molecule has 2 amide bonds. The highest BCUT2D eigenvalue weighted by Crippen LogP contribution is 2.22. The molecule has 1 aromatic heterocycles. The molecular weight excluding hydrogens is 332 g/mol. The van der Waals surface area contributed by atoms with Crippen LogP contribution in [-0.2, 0) is 11.3 Å². The SMILES string of the molecule is Cc1ccc(CNC(=O)C2CCCCN2C(=O)c2cccs2)c(C)c1. The third kappa shape index (κ3) is 4.10. The molecule has 1 atom stereocenters. The maximum Gasteiger partial charge on any atom is 0.264 e. The minimum atomic E-state index is -0.367. The van der Waals surface area contributed by atoms with Gasteiger partial charge in [-0.25, -0.2) is 0 Å². The molecule has 0 aliphatic carbocycles. The van der Waals surface area contributed by atoms with Crippen molar-refractivity contribution < 1.29 is 9.59 Å². The molecule has 132 valence electrons.